The van der Waals surface area contributed by atoms with Crippen molar-refractivity contribution < 1.29 is 4.79 Å². The van der Waals surface area contributed by atoms with Gasteiger partial charge in [-0.2, -0.15) is 0 Å². The molecule has 1 amide bonds. The van der Waals surface area contributed by atoms with E-state index in [2.05, 4.69) is 15.6 Å². The van der Waals surface area contributed by atoms with Gasteiger partial charge in [-0.15, -0.1) is 0 Å². The molecule has 20 heavy (non-hydrogen) atoms. The second-order valence-electron chi connectivity index (χ2n) is 6.80. The summed E-state index contributed by atoms with van der Waals surface area (Å²) in [5.74, 6) is 2.63. The summed E-state index contributed by atoms with van der Waals surface area (Å²) in [5.41, 5.74) is 0. The number of nitrogens with zero attached hydrogens (tertiary/aromatic N) is 2. The number of aliphatic imine (C=N–C) groups is 1. The lowest BCUT2D eigenvalue weighted by molar-refractivity contribution is -0.127. The van der Waals surface area contributed by atoms with Crippen LogP contribution in [0.25, 0.3) is 0 Å². The number of hydrogen-bond acceptors (Lipinski definition) is 2. The van der Waals surface area contributed by atoms with E-state index in [1.807, 2.05) is 0 Å². The van der Waals surface area contributed by atoms with Gasteiger partial charge >= 0.3 is 0 Å². The van der Waals surface area contributed by atoms with E-state index in [0.717, 1.165) is 17.8 Å². The number of hydrogen-bond donors (Lipinski definition) is 2. The fourth-order valence-corrected chi connectivity index (χ4v) is 3.44. The van der Waals surface area contributed by atoms with Crippen LogP contribution in [0.2, 0.25) is 0 Å². The lowest BCUT2D eigenvalue weighted by atomic mass is 9.95. The third kappa shape index (κ3) is 3.25. The number of nitrogens with one attached hydrogen (secondary N) is 2. The molecule has 3 unspecified atom stereocenters. The first-order valence-corrected chi connectivity index (χ1v) is 7.89. The highest BCUT2D eigenvalue weighted by molar-refractivity contribution is 5.85. The summed E-state index contributed by atoms with van der Waals surface area (Å²) < 4.78 is 0. The summed E-state index contributed by atoms with van der Waals surface area (Å²) in [6.07, 6.45) is 7.86. The minimum atomic E-state index is 0.0508. The van der Waals surface area contributed by atoms with Gasteiger partial charge in [0.25, 0.3) is 0 Å². The van der Waals surface area contributed by atoms with Crippen LogP contribution in [-0.2, 0) is 4.79 Å². The summed E-state index contributed by atoms with van der Waals surface area (Å²) in [5, 5.41) is 7.02. The number of amides is 1. The Labute approximate surface area is 121 Å². The van der Waals surface area contributed by atoms with Gasteiger partial charge in [-0.3, -0.25) is 4.79 Å². The molecule has 0 aromatic carbocycles. The topological polar surface area (TPSA) is 56.7 Å². The molecule has 3 saturated carbocycles. The second-order valence-corrected chi connectivity index (χ2v) is 6.80. The molecule has 5 nitrogen and oxygen atoms in total. The van der Waals surface area contributed by atoms with E-state index < -0.39 is 0 Å². The second kappa shape index (κ2) is 5.62. The zero-order chi connectivity index (χ0) is 14.1. The summed E-state index contributed by atoms with van der Waals surface area (Å²) >= 11 is 0. The van der Waals surface area contributed by atoms with E-state index in [9.17, 15) is 4.79 Å². The van der Waals surface area contributed by atoms with E-state index in [1.54, 1.807) is 19.0 Å². The zero-order valence-corrected chi connectivity index (χ0v) is 12.6. The molecule has 0 spiro atoms. The largest absolute Gasteiger partial charge is 0.354 e. The molecule has 3 atom stereocenters. The van der Waals surface area contributed by atoms with Crippen LogP contribution in [0.3, 0.4) is 0 Å². The molecular formula is C15H26N4O. The number of likely N-dealkylation sites (N-methyl/N-ethyl adjacent to an activating group) is 1. The third-order valence-electron chi connectivity index (χ3n) is 4.85. The molecule has 0 saturated heterocycles. The summed E-state index contributed by atoms with van der Waals surface area (Å²) in [4.78, 5) is 17.7. The van der Waals surface area contributed by atoms with Crippen molar-refractivity contribution in [2.75, 3.05) is 20.6 Å². The van der Waals surface area contributed by atoms with Crippen LogP contribution < -0.4 is 10.6 Å². The molecular weight excluding hydrogens is 252 g/mol. The SMILES string of the molecule is CN(C)C(=O)CN=C(NC1CC1)NC1CC2CCC1C2. The van der Waals surface area contributed by atoms with Gasteiger partial charge in [0.15, 0.2) is 5.96 Å². The lowest BCUT2D eigenvalue weighted by Crippen LogP contribution is -2.46. The Balaban J connectivity index is 1.57. The van der Waals surface area contributed by atoms with Crippen molar-refractivity contribution in [1.82, 2.24) is 15.5 Å². The summed E-state index contributed by atoms with van der Waals surface area (Å²) in [7, 11) is 3.55. The van der Waals surface area contributed by atoms with E-state index in [0.29, 0.717) is 12.1 Å². The van der Waals surface area contributed by atoms with Crippen LogP contribution in [0.5, 0.6) is 0 Å². The molecule has 112 valence electrons. The first-order valence-electron chi connectivity index (χ1n) is 7.89. The van der Waals surface area contributed by atoms with E-state index >= 15 is 0 Å². The minimum absolute atomic E-state index is 0.0508. The van der Waals surface area contributed by atoms with Gasteiger partial charge in [0.1, 0.15) is 6.54 Å². The van der Waals surface area contributed by atoms with Crippen LogP contribution in [0.4, 0.5) is 0 Å². The van der Waals surface area contributed by atoms with Crippen molar-refractivity contribution >= 4 is 11.9 Å². The normalized spacial score (nSPS) is 32.3. The highest BCUT2D eigenvalue weighted by atomic mass is 16.2. The van der Waals surface area contributed by atoms with Crippen LogP contribution in [0, 0.1) is 11.8 Å². The maximum absolute atomic E-state index is 11.7. The highest BCUT2D eigenvalue weighted by Gasteiger charge is 2.40. The highest BCUT2D eigenvalue weighted by Crippen LogP contribution is 2.44. The van der Waals surface area contributed by atoms with E-state index in [4.69, 9.17) is 0 Å². The molecule has 0 heterocycles. The van der Waals surface area contributed by atoms with Crippen molar-refractivity contribution in [3.8, 4) is 0 Å². The van der Waals surface area contributed by atoms with Crippen LogP contribution in [0.1, 0.15) is 38.5 Å². The first kappa shape index (κ1) is 13.7. The predicted molar refractivity (Wildman–Crippen MR) is 79.5 cm³/mol. The van der Waals surface area contributed by atoms with Gasteiger partial charge < -0.3 is 15.5 Å². The number of carbonyl (C=O) groups is 1. The Bertz CT molecular complexity index is 403. The van der Waals surface area contributed by atoms with Crippen LogP contribution >= 0.6 is 0 Å². The molecule has 0 aliphatic heterocycles. The molecule has 2 bridgehead atoms. The third-order valence-corrected chi connectivity index (χ3v) is 4.85. The van der Waals surface area contributed by atoms with Gasteiger partial charge in [-0.1, -0.05) is 6.42 Å². The monoisotopic (exact) mass is 278 g/mol. The van der Waals surface area contributed by atoms with Gasteiger partial charge in [-0.05, 0) is 43.9 Å². The van der Waals surface area contributed by atoms with E-state index in [-0.39, 0.29) is 12.5 Å². The maximum Gasteiger partial charge on any atom is 0.243 e. The Hall–Kier alpha value is -1.26. The molecule has 2 N–H and O–H groups in total. The fourth-order valence-electron chi connectivity index (χ4n) is 3.44. The summed E-state index contributed by atoms with van der Waals surface area (Å²) in [6, 6.07) is 1.13. The number of rotatable bonds is 4. The minimum Gasteiger partial charge on any atom is -0.354 e. The van der Waals surface area contributed by atoms with Gasteiger partial charge in [0.05, 0.1) is 0 Å². The van der Waals surface area contributed by atoms with E-state index in [1.165, 1.54) is 38.5 Å². The quantitative estimate of drug-likeness (QED) is 0.595. The molecule has 3 rings (SSSR count). The maximum atomic E-state index is 11.7. The van der Waals surface area contributed by atoms with Crippen molar-refractivity contribution in [3.63, 3.8) is 0 Å². The molecule has 3 fully saturated rings. The van der Waals surface area contributed by atoms with Gasteiger partial charge in [0, 0.05) is 26.2 Å². The fraction of sp³-hybridized carbons (Fsp3) is 0.867. The molecule has 0 aromatic heterocycles. The van der Waals surface area contributed by atoms with Crippen LogP contribution in [-0.4, -0.2) is 49.5 Å². The molecule has 0 aromatic rings. The Morgan fingerprint density at radius 1 is 1.15 bits per heavy atom. The standard InChI is InChI=1S/C15H26N4O/c1-19(2)14(20)9-16-15(17-12-5-6-12)18-13-8-10-3-4-11(13)7-10/h10-13H,3-9H2,1-2H3,(H2,16,17,18). The van der Waals surface area contributed by atoms with Crippen molar-refractivity contribution in [2.24, 2.45) is 16.8 Å². The number of fused-ring (bicyclic) bond motifs is 2. The lowest BCUT2D eigenvalue weighted by Gasteiger charge is -2.25. The predicted octanol–water partition coefficient (Wildman–Crippen LogP) is 0.961. The summed E-state index contributed by atoms with van der Waals surface area (Å²) in [6.45, 7) is 0.232. The molecule has 5 heteroatoms. The average Bonchev–Trinajstić information content (AvgIpc) is 2.98. The Morgan fingerprint density at radius 3 is 2.50 bits per heavy atom. The molecule has 3 aliphatic carbocycles. The average molecular weight is 278 g/mol. The van der Waals surface area contributed by atoms with Gasteiger partial charge in [-0.25, -0.2) is 4.99 Å². The first-order chi connectivity index (χ1) is 9.61. The molecule has 0 radical (unpaired) electrons. The number of guanidine groups is 1. The van der Waals surface area contributed by atoms with Gasteiger partial charge in [0.2, 0.25) is 5.91 Å². The Kier molecular flexibility index (Phi) is 3.85. The number of carbonyl (C=O) groups excluding carboxylic acids is 1. The molecule has 3 aliphatic rings. The van der Waals surface area contributed by atoms with Crippen LogP contribution in [0.15, 0.2) is 4.99 Å². The smallest absolute Gasteiger partial charge is 0.243 e. The Morgan fingerprint density at radius 2 is 1.95 bits per heavy atom. The van der Waals surface area contributed by atoms with Crippen molar-refractivity contribution in [3.05, 3.63) is 0 Å². The van der Waals surface area contributed by atoms with Crippen molar-refractivity contribution in [1.29, 1.82) is 0 Å². The zero-order valence-electron chi connectivity index (χ0n) is 12.6. The van der Waals surface area contributed by atoms with Crippen molar-refractivity contribution in [2.45, 2.75) is 50.6 Å².